The van der Waals surface area contributed by atoms with Crippen molar-refractivity contribution in [3.63, 3.8) is 0 Å². The lowest BCUT2D eigenvalue weighted by Crippen LogP contribution is -2.29. The number of aromatic nitrogens is 1. The molecule has 0 radical (unpaired) electrons. The van der Waals surface area contributed by atoms with Gasteiger partial charge in [-0.15, -0.1) is 0 Å². The van der Waals surface area contributed by atoms with Crippen molar-refractivity contribution >= 4 is 0 Å². The highest BCUT2D eigenvalue weighted by Gasteiger charge is 1.88. The molecule has 1 heterocycles. The van der Waals surface area contributed by atoms with Crippen LogP contribution in [0.25, 0.3) is 0 Å². The second-order valence-electron chi connectivity index (χ2n) is 2.04. The van der Waals surface area contributed by atoms with E-state index in [-0.39, 0.29) is 12.2 Å². The lowest BCUT2D eigenvalue weighted by molar-refractivity contribution is 0.306. The van der Waals surface area contributed by atoms with E-state index < -0.39 is 0 Å². The third-order valence-electron chi connectivity index (χ3n) is 1.22. The minimum atomic E-state index is -0.124. The minimum absolute atomic E-state index is 0.0152. The maximum absolute atomic E-state index is 10.9. The largest absolute Gasteiger partial charge is 0.394 e. The van der Waals surface area contributed by atoms with Gasteiger partial charge in [0, 0.05) is 12.3 Å². The fourth-order valence-corrected chi connectivity index (χ4v) is 0.728. The van der Waals surface area contributed by atoms with Crippen molar-refractivity contribution in [3.8, 4) is 0 Å². The van der Waals surface area contributed by atoms with Crippen molar-refractivity contribution in [1.82, 2.24) is 4.68 Å². The third kappa shape index (κ3) is 2.09. The second kappa shape index (κ2) is 3.78. The molecule has 1 aromatic heterocycles. The topological polar surface area (TPSA) is 54.3 Å². The van der Waals surface area contributed by atoms with E-state index in [1.807, 2.05) is 0 Å². The average molecular weight is 154 g/mol. The molecule has 1 rings (SSSR count). The number of rotatable bonds is 3. The van der Waals surface area contributed by atoms with Gasteiger partial charge in [-0.05, 0) is 6.07 Å². The maximum Gasteiger partial charge on any atom is 0.268 e. The van der Waals surface area contributed by atoms with E-state index in [0.29, 0.717) is 6.54 Å². The summed E-state index contributed by atoms with van der Waals surface area (Å²) in [7, 11) is 0. The van der Waals surface area contributed by atoms with Crippen molar-refractivity contribution < 1.29 is 5.11 Å². The summed E-state index contributed by atoms with van der Waals surface area (Å²) in [5.74, 6) is 0. The molecule has 0 amide bonds. The van der Waals surface area contributed by atoms with Crippen LogP contribution >= 0.6 is 0 Å². The quantitative estimate of drug-likeness (QED) is 0.610. The summed E-state index contributed by atoms with van der Waals surface area (Å²) in [5, 5.41) is 8.44. The first kappa shape index (κ1) is 7.81. The maximum atomic E-state index is 10.9. The van der Waals surface area contributed by atoms with Crippen LogP contribution in [0.15, 0.2) is 29.2 Å². The molecule has 0 aromatic carbocycles. The third-order valence-corrected chi connectivity index (χ3v) is 1.22. The van der Waals surface area contributed by atoms with Gasteiger partial charge < -0.3 is 10.5 Å². The zero-order chi connectivity index (χ0) is 8.10. The van der Waals surface area contributed by atoms with Gasteiger partial charge in [-0.3, -0.25) is 4.79 Å². The molecule has 0 fully saturated rings. The number of nitrogens with zero attached hydrogens (tertiary/aromatic N) is 1. The molecule has 2 N–H and O–H groups in total. The van der Waals surface area contributed by atoms with Crippen LogP contribution in [0.5, 0.6) is 0 Å². The van der Waals surface area contributed by atoms with E-state index in [2.05, 4.69) is 5.43 Å². The van der Waals surface area contributed by atoms with E-state index in [1.54, 1.807) is 18.3 Å². The molecule has 0 atom stereocenters. The summed E-state index contributed by atoms with van der Waals surface area (Å²) in [4.78, 5) is 10.9. The fourth-order valence-electron chi connectivity index (χ4n) is 0.728. The standard InChI is InChI=1S/C7H10N2O2/c10-6-4-8-9-5-2-1-3-7(9)11/h1-3,5,8,10H,4,6H2. The molecule has 1 aromatic rings. The Labute approximate surface area is 64.1 Å². The Kier molecular flexibility index (Phi) is 2.68. The van der Waals surface area contributed by atoms with Crippen LogP contribution in [0.2, 0.25) is 0 Å². The molecule has 0 aliphatic rings. The molecular weight excluding hydrogens is 144 g/mol. The van der Waals surface area contributed by atoms with Gasteiger partial charge in [-0.1, -0.05) is 6.07 Å². The molecule has 11 heavy (non-hydrogen) atoms. The Morgan fingerprint density at radius 2 is 2.36 bits per heavy atom. The Hall–Kier alpha value is -1.29. The van der Waals surface area contributed by atoms with Crippen LogP contribution < -0.4 is 11.0 Å². The van der Waals surface area contributed by atoms with Gasteiger partial charge in [-0.25, -0.2) is 4.68 Å². The highest BCUT2D eigenvalue weighted by atomic mass is 16.3. The summed E-state index contributed by atoms with van der Waals surface area (Å²) < 4.78 is 1.33. The molecule has 0 aliphatic heterocycles. The lowest BCUT2D eigenvalue weighted by atomic mass is 10.5. The molecule has 0 bridgehead atoms. The monoisotopic (exact) mass is 154 g/mol. The lowest BCUT2D eigenvalue weighted by Gasteiger charge is -2.05. The van der Waals surface area contributed by atoms with E-state index >= 15 is 0 Å². The SMILES string of the molecule is O=c1ccccn1NCCO. The summed E-state index contributed by atoms with van der Waals surface area (Å²) in [5.41, 5.74) is 2.59. The zero-order valence-electron chi connectivity index (χ0n) is 6.03. The molecule has 0 unspecified atom stereocenters. The molecule has 4 heteroatoms. The number of aliphatic hydroxyl groups is 1. The molecule has 4 nitrogen and oxygen atoms in total. The van der Waals surface area contributed by atoms with Crippen LogP contribution in [-0.4, -0.2) is 22.9 Å². The minimum Gasteiger partial charge on any atom is -0.394 e. The summed E-state index contributed by atoms with van der Waals surface area (Å²) >= 11 is 0. The number of pyridine rings is 1. The Morgan fingerprint density at radius 3 is 3.00 bits per heavy atom. The van der Waals surface area contributed by atoms with Crippen molar-refractivity contribution in [2.45, 2.75) is 0 Å². The van der Waals surface area contributed by atoms with Crippen LogP contribution in [0.3, 0.4) is 0 Å². The normalized spacial score (nSPS) is 9.55. The molecular formula is C7H10N2O2. The highest BCUT2D eigenvalue weighted by Crippen LogP contribution is 1.75. The molecule has 0 spiro atoms. The van der Waals surface area contributed by atoms with Gasteiger partial charge in [0.2, 0.25) is 0 Å². The van der Waals surface area contributed by atoms with Gasteiger partial charge in [-0.2, -0.15) is 0 Å². The van der Waals surface area contributed by atoms with Crippen LogP contribution in [0.4, 0.5) is 0 Å². The fraction of sp³-hybridized carbons (Fsp3) is 0.286. The van der Waals surface area contributed by atoms with Crippen LogP contribution in [-0.2, 0) is 0 Å². The zero-order valence-corrected chi connectivity index (χ0v) is 6.03. The Balaban J connectivity index is 2.70. The van der Waals surface area contributed by atoms with Gasteiger partial charge in [0.25, 0.3) is 5.56 Å². The Morgan fingerprint density at radius 1 is 1.55 bits per heavy atom. The average Bonchev–Trinajstić information content (AvgIpc) is 2.03. The van der Waals surface area contributed by atoms with E-state index in [1.165, 1.54) is 10.7 Å². The number of nitrogens with one attached hydrogen (secondary N) is 1. The smallest absolute Gasteiger partial charge is 0.268 e. The van der Waals surface area contributed by atoms with Gasteiger partial charge in [0.15, 0.2) is 0 Å². The predicted octanol–water partition coefficient (Wildman–Crippen LogP) is -0.616. The van der Waals surface area contributed by atoms with Gasteiger partial charge in [0.05, 0.1) is 13.2 Å². The molecule has 0 saturated heterocycles. The first-order valence-corrected chi connectivity index (χ1v) is 3.37. The predicted molar refractivity (Wildman–Crippen MR) is 42.0 cm³/mol. The number of hydrogen-bond donors (Lipinski definition) is 2. The second-order valence-corrected chi connectivity index (χ2v) is 2.04. The van der Waals surface area contributed by atoms with Crippen molar-refractivity contribution in [1.29, 1.82) is 0 Å². The molecule has 60 valence electrons. The molecule has 0 saturated carbocycles. The van der Waals surface area contributed by atoms with Gasteiger partial charge in [0.1, 0.15) is 0 Å². The van der Waals surface area contributed by atoms with Crippen molar-refractivity contribution in [2.75, 3.05) is 18.6 Å². The van der Waals surface area contributed by atoms with Crippen molar-refractivity contribution in [3.05, 3.63) is 34.7 Å². The van der Waals surface area contributed by atoms with E-state index in [9.17, 15) is 4.79 Å². The van der Waals surface area contributed by atoms with Gasteiger partial charge >= 0.3 is 0 Å². The van der Waals surface area contributed by atoms with Crippen LogP contribution in [0.1, 0.15) is 0 Å². The summed E-state index contributed by atoms with van der Waals surface area (Å²) in [6, 6.07) is 4.86. The summed E-state index contributed by atoms with van der Waals surface area (Å²) in [6.07, 6.45) is 1.61. The van der Waals surface area contributed by atoms with E-state index in [0.717, 1.165) is 0 Å². The highest BCUT2D eigenvalue weighted by molar-refractivity contribution is 4.94. The summed E-state index contributed by atoms with van der Waals surface area (Å²) in [6.45, 7) is 0.394. The number of aliphatic hydroxyl groups excluding tert-OH is 1. The first-order chi connectivity index (χ1) is 5.34. The number of hydrogen-bond acceptors (Lipinski definition) is 3. The Bertz CT molecular complexity index is 269. The van der Waals surface area contributed by atoms with Crippen molar-refractivity contribution in [2.24, 2.45) is 0 Å². The van der Waals surface area contributed by atoms with E-state index in [4.69, 9.17) is 5.11 Å². The molecule has 0 aliphatic carbocycles. The first-order valence-electron chi connectivity index (χ1n) is 3.37. The van der Waals surface area contributed by atoms with Crippen LogP contribution in [0, 0.1) is 0 Å².